The highest BCUT2D eigenvalue weighted by atomic mass is 35.5. The van der Waals surface area contributed by atoms with Crippen LogP contribution in [0, 0.1) is 11.7 Å². The topological polar surface area (TPSA) is 59.1 Å². The maximum Gasteiger partial charge on any atom is 0.328 e. The van der Waals surface area contributed by atoms with Gasteiger partial charge in [0.15, 0.2) is 0 Å². The number of nitrogens with one attached hydrogen (secondary N) is 1. The van der Waals surface area contributed by atoms with Crippen molar-refractivity contribution in [1.29, 1.82) is 0 Å². The number of imide groups is 1. The lowest BCUT2D eigenvalue weighted by atomic mass is 9.92. The van der Waals surface area contributed by atoms with E-state index >= 15 is 0 Å². The van der Waals surface area contributed by atoms with Crippen LogP contribution in [0.3, 0.4) is 0 Å². The van der Waals surface area contributed by atoms with E-state index in [1.54, 1.807) is 18.0 Å². The summed E-state index contributed by atoms with van der Waals surface area (Å²) < 4.78 is 14.4. The molecule has 3 aliphatic heterocycles. The molecule has 32 heavy (non-hydrogen) atoms. The van der Waals surface area contributed by atoms with E-state index in [4.69, 9.17) is 11.6 Å². The fourth-order valence-electron chi connectivity index (χ4n) is 5.96. The van der Waals surface area contributed by atoms with Crippen LogP contribution >= 0.6 is 11.6 Å². The average molecular weight is 464 g/mol. The molecule has 0 radical (unpaired) electrons. The van der Waals surface area contributed by atoms with E-state index in [1.165, 1.54) is 44.2 Å². The van der Waals surface area contributed by atoms with Gasteiger partial charge >= 0.3 is 6.03 Å². The second-order valence-electron chi connectivity index (χ2n) is 9.74. The number of halogens is 2. The number of rotatable bonds is 3. The molecule has 3 saturated heterocycles. The molecular weight excluding hydrogens is 433 g/mol. The number of benzene rings is 1. The van der Waals surface area contributed by atoms with E-state index in [0.29, 0.717) is 12.0 Å². The van der Waals surface area contributed by atoms with E-state index in [9.17, 15) is 14.0 Å². The number of likely N-dealkylation sites (N-methyl/N-ethyl adjacent to an activating group) is 1. The highest BCUT2D eigenvalue weighted by Gasteiger charge is 2.57. The Bertz CT molecular complexity index is 890. The van der Waals surface area contributed by atoms with Crippen molar-refractivity contribution in [3.63, 3.8) is 0 Å². The number of hydrogen-bond donors (Lipinski definition) is 1. The largest absolute Gasteiger partial charge is 0.328 e. The van der Waals surface area contributed by atoms with Crippen LogP contribution in [0.25, 0.3) is 0 Å². The first-order chi connectivity index (χ1) is 15.4. The molecule has 9 heteroatoms. The van der Waals surface area contributed by atoms with Gasteiger partial charge in [0.1, 0.15) is 24.3 Å². The molecule has 4 aliphatic rings. The smallest absolute Gasteiger partial charge is 0.310 e. The van der Waals surface area contributed by atoms with Crippen molar-refractivity contribution in [2.45, 2.75) is 70.1 Å². The monoisotopic (exact) mass is 463 g/mol. The van der Waals surface area contributed by atoms with Gasteiger partial charge in [-0.25, -0.2) is 9.18 Å². The van der Waals surface area contributed by atoms with Crippen LogP contribution in [0.2, 0.25) is 5.02 Å². The van der Waals surface area contributed by atoms with Gasteiger partial charge in [-0.05, 0) is 30.9 Å². The lowest BCUT2D eigenvalue weighted by Gasteiger charge is -2.48. The normalized spacial score (nSPS) is 32.4. The predicted molar refractivity (Wildman–Crippen MR) is 119 cm³/mol. The van der Waals surface area contributed by atoms with Crippen molar-refractivity contribution < 1.29 is 14.0 Å². The standard InChI is InChI=1S/C23H31ClFN5O2/c1-14-11-28(15-7-4-3-5-8-15)22-26-20-19(29(22)12-14)21(31)30(23(32)27(20)2)13-16-17(24)9-6-10-18(16)25/h6,9-10,14-15,19-20,22,26H,3-5,7-8,11-13H2,1-2H3. The van der Waals surface area contributed by atoms with E-state index in [-0.39, 0.29) is 29.3 Å². The molecule has 0 aromatic heterocycles. The molecule has 1 N–H and O–H groups in total. The van der Waals surface area contributed by atoms with Crippen molar-refractivity contribution in [2.24, 2.45) is 5.92 Å². The zero-order valence-corrected chi connectivity index (χ0v) is 19.4. The molecule has 0 spiro atoms. The summed E-state index contributed by atoms with van der Waals surface area (Å²) in [6.07, 6.45) is 5.65. The Balaban J connectivity index is 1.44. The average Bonchev–Trinajstić information content (AvgIpc) is 3.16. The summed E-state index contributed by atoms with van der Waals surface area (Å²) in [5, 5.41) is 3.81. The summed E-state index contributed by atoms with van der Waals surface area (Å²) in [6.45, 7) is 3.82. The lowest BCUT2D eigenvalue weighted by Crippen LogP contribution is -2.66. The van der Waals surface area contributed by atoms with Crippen LogP contribution in [-0.2, 0) is 11.3 Å². The van der Waals surface area contributed by atoms with Crippen molar-refractivity contribution in [2.75, 3.05) is 20.1 Å². The summed E-state index contributed by atoms with van der Waals surface area (Å²) in [6, 6.07) is 3.96. The third-order valence-electron chi connectivity index (χ3n) is 7.54. The van der Waals surface area contributed by atoms with Crippen molar-refractivity contribution in [3.05, 3.63) is 34.6 Å². The number of carbonyl (C=O) groups excluding carboxylic acids is 2. The Morgan fingerprint density at radius 1 is 1.12 bits per heavy atom. The van der Waals surface area contributed by atoms with Gasteiger partial charge in [-0.2, -0.15) is 0 Å². The Morgan fingerprint density at radius 3 is 2.56 bits per heavy atom. The van der Waals surface area contributed by atoms with Crippen LogP contribution in [0.4, 0.5) is 9.18 Å². The molecule has 3 heterocycles. The molecule has 3 amide bonds. The summed E-state index contributed by atoms with van der Waals surface area (Å²) in [7, 11) is 1.71. The predicted octanol–water partition coefficient (Wildman–Crippen LogP) is 3.04. The van der Waals surface area contributed by atoms with Gasteiger partial charge in [0, 0.05) is 36.8 Å². The molecular formula is C23H31ClFN5O2. The number of amides is 3. The summed E-state index contributed by atoms with van der Waals surface area (Å²) >= 11 is 6.19. The van der Waals surface area contributed by atoms with Gasteiger partial charge in [-0.3, -0.25) is 24.8 Å². The van der Waals surface area contributed by atoms with Crippen LogP contribution in [0.1, 0.15) is 44.6 Å². The molecule has 174 valence electrons. The molecule has 1 saturated carbocycles. The lowest BCUT2D eigenvalue weighted by molar-refractivity contribution is -0.142. The maximum absolute atomic E-state index is 14.4. The molecule has 7 nitrogen and oxygen atoms in total. The van der Waals surface area contributed by atoms with Gasteiger partial charge < -0.3 is 4.90 Å². The minimum atomic E-state index is -0.514. The van der Waals surface area contributed by atoms with Crippen molar-refractivity contribution in [1.82, 2.24) is 24.9 Å². The van der Waals surface area contributed by atoms with E-state index < -0.39 is 24.1 Å². The van der Waals surface area contributed by atoms with Gasteiger partial charge in [-0.1, -0.05) is 43.9 Å². The van der Waals surface area contributed by atoms with E-state index in [1.807, 2.05) is 0 Å². The third-order valence-corrected chi connectivity index (χ3v) is 7.89. The third kappa shape index (κ3) is 3.61. The van der Waals surface area contributed by atoms with Gasteiger partial charge in [0.05, 0.1) is 6.54 Å². The molecule has 4 unspecified atom stereocenters. The summed E-state index contributed by atoms with van der Waals surface area (Å²) in [4.78, 5) is 34.3. The first-order valence-electron chi connectivity index (χ1n) is 11.7. The molecule has 0 bridgehead atoms. The highest BCUT2D eigenvalue weighted by molar-refractivity contribution is 6.31. The molecule has 4 atom stereocenters. The van der Waals surface area contributed by atoms with E-state index in [0.717, 1.165) is 18.0 Å². The molecule has 5 rings (SSSR count). The Kier molecular flexibility index (Phi) is 5.90. The second-order valence-corrected chi connectivity index (χ2v) is 10.1. The Hall–Kier alpha value is -1.74. The zero-order chi connectivity index (χ0) is 22.6. The van der Waals surface area contributed by atoms with Gasteiger partial charge in [0.25, 0.3) is 5.91 Å². The molecule has 1 aromatic carbocycles. The fraction of sp³-hybridized carbons (Fsp3) is 0.652. The molecule has 4 fully saturated rings. The number of urea groups is 1. The number of fused-ring (bicyclic) bond motifs is 3. The van der Waals surface area contributed by atoms with Crippen LogP contribution in [-0.4, -0.2) is 76.2 Å². The van der Waals surface area contributed by atoms with Gasteiger partial charge in [0.2, 0.25) is 0 Å². The maximum atomic E-state index is 14.4. The highest BCUT2D eigenvalue weighted by Crippen LogP contribution is 2.36. The molecule has 1 aliphatic carbocycles. The first-order valence-corrected chi connectivity index (χ1v) is 12.0. The molecule has 1 aromatic rings. The second kappa shape index (κ2) is 8.56. The van der Waals surface area contributed by atoms with Crippen LogP contribution < -0.4 is 5.32 Å². The summed E-state index contributed by atoms with van der Waals surface area (Å²) in [5.41, 5.74) is 0.168. The fourth-order valence-corrected chi connectivity index (χ4v) is 6.19. The number of hydrogen-bond acceptors (Lipinski definition) is 5. The Morgan fingerprint density at radius 2 is 1.84 bits per heavy atom. The quantitative estimate of drug-likeness (QED) is 0.746. The van der Waals surface area contributed by atoms with Crippen LogP contribution in [0.15, 0.2) is 18.2 Å². The summed E-state index contributed by atoms with van der Waals surface area (Å²) in [5.74, 6) is -0.385. The number of nitrogens with zero attached hydrogens (tertiary/aromatic N) is 4. The van der Waals surface area contributed by atoms with Gasteiger partial charge in [-0.15, -0.1) is 0 Å². The van der Waals surface area contributed by atoms with Crippen molar-refractivity contribution in [3.8, 4) is 0 Å². The minimum Gasteiger partial charge on any atom is -0.310 e. The van der Waals surface area contributed by atoms with Crippen LogP contribution in [0.5, 0.6) is 0 Å². The minimum absolute atomic E-state index is 0.0690. The Labute approximate surface area is 193 Å². The van der Waals surface area contributed by atoms with E-state index in [2.05, 4.69) is 22.0 Å². The number of carbonyl (C=O) groups is 2. The zero-order valence-electron chi connectivity index (χ0n) is 18.6. The SMILES string of the molecule is CC1CN(C2CCCCC2)C2NC3C(C(=O)N(Cc4c(F)cccc4Cl)C(=O)N3C)N2C1. The van der Waals surface area contributed by atoms with Crippen molar-refractivity contribution >= 4 is 23.5 Å². The first kappa shape index (κ1) is 22.1.